The molecule has 0 heterocycles. The summed E-state index contributed by atoms with van der Waals surface area (Å²) in [7, 11) is 0. The van der Waals surface area contributed by atoms with Gasteiger partial charge in [-0.05, 0) is 0 Å². The zero-order valence-electron chi connectivity index (χ0n) is 3.17. The van der Waals surface area contributed by atoms with E-state index in [2.05, 4.69) is 0 Å². The Labute approximate surface area is 43.3 Å². The third-order valence-corrected chi connectivity index (χ3v) is 0. The second-order valence-corrected chi connectivity index (χ2v) is 0. The van der Waals surface area contributed by atoms with Gasteiger partial charge >= 0.3 is 18.5 Å². The molecule has 0 aliphatic heterocycles. The summed E-state index contributed by atoms with van der Waals surface area (Å²) in [5.41, 5.74) is 0. The van der Waals surface area contributed by atoms with Gasteiger partial charge < -0.3 is 23.5 Å². The molecule has 0 aliphatic carbocycles. The van der Waals surface area contributed by atoms with Gasteiger partial charge in [0, 0.05) is 0 Å². The summed E-state index contributed by atoms with van der Waals surface area (Å²) >= 11 is 0. The largest absolute Gasteiger partial charge is 3.00 e. The van der Waals surface area contributed by atoms with Gasteiger partial charge in [-0.3, -0.25) is 0 Å². The van der Waals surface area contributed by atoms with Crippen LogP contribution in [0.1, 0.15) is 0 Å². The van der Waals surface area contributed by atoms with Gasteiger partial charge in [-0.15, -0.1) is 0 Å². The fourth-order valence-electron chi connectivity index (χ4n) is 0. The van der Waals surface area contributed by atoms with Crippen LogP contribution < -0.4 is 23.5 Å². The minimum atomic E-state index is 0. The molecule has 0 atom stereocenters. The minimum absolute atomic E-state index is 0. The Morgan fingerprint density at radius 1 is 0.429 bits per heavy atom. The average molecular weight is 115 g/mol. The van der Waals surface area contributed by atoms with Crippen molar-refractivity contribution in [2.75, 3.05) is 0 Å². The number of hydrogen-bond acceptors (Lipinski definition) is 0. The minimum Gasteiger partial charge on any atom is -1.00 e. The second-order valence-electron chi connectivity index (χ2n) is 0. The second kappa shape index (κ2) is 10400. The maximum Gasteiger partial charge on any atom is 3.00 e. The number of halogens is 5. The predicted molar refractivity (Wildman–Crippen MR) is 11.5 cm³/mol. The molecule has 0 saturated heterocycles. The molecule has 0 nitrogen and oxygen atoms in total. The molecule has 0 rings (SSSR count). The van der Waals surface area contributed by atoms with Crippen LogP contribution in [0.3, 0.4) is 0 Å². The molecule has 0 aromatic heterocycles. The summed E-state index contributed by atoms with van der Waals surface area (Å²) in [6.07, 6.45) is 0. The van der Waals surface area contributed by atoms with Gasteiger partial charge in [0.05, 0.1) is 0 Å². The zero-order chi connectivity index (χ0) is 0. The van der Waals surface area contributed by atoms with Crippen LogP contribution in [-0.4, -0.2) is 18.5 Å². The van der Waals surface area contributed by atoms with Crippen molar-refractivity contribution in [3.63, 3.8) is 0 Å². The first kappa shape index (κ1) is 17600. The van der Waals surface area contributed by atoms with Crippen LogP contribution in [0.2, 0.25) is 0 Å². The van der Waals surface area contributed by atoms with Crippen LogP contribution in [0.25, 0.3) is 0 Å². The van der Waals surface area contributed by atoms with Crippen molar-refractivity contribution >= 4 is 18.5 Å². The predicted octanol–water partition coefficient (Wildman–Crippen LogP) is -15.7. The Morgan fingerprint density at radius 3 is 0.429 bits per heavy atom. The van der Waals surface area contributed by atoms with E-state index in [1.807, 2.05) is 0 Å². The summed E-state index contributed by atoms with van der Waals surface area (Å²) in [4.78, 5) is 0. The third-order valence-electron chi connectivity index (χ3n) is 0. The van der Waals surface area contributed by atoms with Gasteiger partial charge in [-0.1, -0.05) is 0 Å². The first-order valence-electron chi connectivity index (χ1n) is 0. The normalized spacial score (nSPS) is 0. The van der Waals surface area contributed by atoms with Crippen LogP contribution in [0.4, 0.5) is 0 Å². The van der Waals surface area contributed by atoms with Crippen molar-refractivity contribution in [2.24, 2.45) is 0 Å². The summed E-state index contributed by atoms with van der Waals surface area (Å²) in [5, 5.41) is 0. The van der Waals surface area contributed by atoms with Crippen molar-refractivity contribution < 1.29 is 23.5 Å². The van der Waals surface area contributed by atoms with Gasteiger partial charge in [-0.25, -0.2) is 0 Å². The molecule has 40 valence electrons. The first-order chi connectivity index (χ1) is 0. The van der Waals surface area contributed by atoms with Crippen LogP contribution >= 0.6 is 0 Å². The van der Waals surface area contributed by atoms with Crippen molar-refractivity contribution in [1.82, 2.24) is 0 Å². The molecule has 0 radical (unpaired) electrons. The topological polar surface area (TPSA) is 0 Å². The summed E-state index contributed by atoms with van der Waals surface area (Å²) < 4.78 is 0. The summed E-state index contributed by atoms with van der Waals surface area (Å²) in [6.45, 7) is 0. The van der Waals surface area contributed by atoms with E-state index < -0.39 is 0 Å². The fraction of sp³-hybridized carbons (Fsp3) is 0. The molecule has 0 aliphatic rings. The molecule has 0 unspecified atom stereocenters. The van der Waals surface area contributed by atoms with Crippen molar-refractivity contribution in [2.45, 2.75) is 0 Å². The molecule has 0 bridgehead atoms. The van der Waals surface area contributed by atoms with E-state index in [1.54, 1.807) is 0 Å². The molecule has 0 aromatic rings. The summed E-state index contributed by atoms with van der Waals surface area (Å²) in [6, 6.07) is 0. The molecule has 0 spiro atoms. The Bertz CT molecular complexity index is 8.04. The zero-order valence-corrected chi connectivity index (χ0v) is 3.17. The molecule has 7 heavy (non-hydrogen) atoms. The molecular formula is BBeF5. The molecule has 0 amide bonds. The van der Waals surface area contributed by atoms with E-state index in [0.717, 1.165) is 0 Å². The van der Waals surface area contributed by atoms with E-state index in [9.17, 15) is 0 Å². The Morgan fingerprint density at radius 2 is 0.429 bits per heavy atom. The van der Waals surface area contributed by atoms with Gasteiger partial charge in [0.1, 0.15) is 0 Å². The quantitative estimate of drug-likeness (QED) is 0.217. The van der Waals surface area contributed by atoms with E-state index >= 15 is 0 Å². The molecule has 0 aromatic carbocycles. The Hall–Kier alpha value is -0.116. The van der Waals surface area contributed by atoms with E-state index in [0.29, 0.717) is 0 Å². The van der Waals surface area contributed by atoms with Crippen molar-refractivity contribution in [3.05, 3.63) is 0 Å². The maximum atomic E-state index is 0. The standard InChI is InChI=1S/B.Be.5FH/h;;5*1H/q+3;+2;;;;;/p-5. The van der Waals surface area contributed by atoms with Gasteiger partial charge in [-0.2, -0.15) is 0 Å². The van der Waals surface area contributed by atoms with Crippen molar-refractivity contribution in [1.29, 1.82) is 0 Å². The Balaban J connectivity index is 0. The van der Waals surface area contributed by atoms with Crippen LogP contribution in [0.15, 0.2) is 0 Å². The van der Waals surface area contributed by atoms with Gasteiger partial charge in [0.15, 0.2) is 0 Å². The third kappa shape index (κ3) is 6570. The average Bonchev–Trinajstić information content (AvgIpc) is 0. The molecular weight excluding hydrogens is 115 g/mol. The number of rotatable bonds is 0. The van der Waals surface area contributed by atoms with Gasteiger partial charge in [0.2, 0.25) is 0 Å². The first-order valence-corrected chi connectivity index (χ1v) is 0. The van der Waals surface area contributed by atoms with Crippen LogP contribution in [0, 0.1) is 0 Å². The Kier molecular flexibility index (Phi) is 26200000. The smallest absolute Gasteiger partial charge is 1.00 e. The molecule has 0 N–H and O–H groups in total. The van der Waals surface area contributed by atoms with Crippen LogP contribution in [-0.2, 0) is 0 Å². The van der Waals surface area contributed by atoms with E-state index in [4.69, 9.17) is 0 Å². The van der Waals surface area contributed by atoms with Gasteiger partial charge in [0.25, 0.3) is 0 Å². The fourth-order valence-corrected chi connectivity index (χ4v) is 0. The monoisotopic (exact) mass is 115 g/mol. The molecule has 7 heteroatoms. The van der Waals surface area contributed by atoms with E-state index in [-0.39, 0.29) is 42.1 Å². The number of hydrogen-bond donors (Lipinski definition) is 0. The summed E-state index contributed by atoms with van der Waals surface area (Å²) in [5.74, 6) is 0. The van der Waals surface area contributed by atoms with Crippen LogP contribution in [0.5, 0.6) is 0 Å². The van der Waals surface area contributed by atoms with E-state index in [1.165, 1.54) is 0 Å². The molecule has 0 fully saturated rings. The van der Waals surface area contributed by atoms with Crippen molar-refractivity contribution in [3.8, 4) is 0 Å². The maximum absolute atomic E-state index is 0. The SMILES string of the molecule is [B+3].[Be+2].[F-].[F-].[F-].[F-].[F-]. The molecule has 0 saturated carbocycles.